The third-order valence-corrected chi connectivity index (χ3v) is 4.12. The van der Waals surface area contributed by atoms with Crippen LogP contribution in [-0.4, -0.2) is 10.9 Å². The summed E-state index contributed by atoms with van der Waals surface area (Å²) >= 11 is 1.64. The van der Waals surface area contributed by atoms with E-state index in [0.717, 1.165) is 20.9 Å². The molecule has 2 N–H and O–H groups in total. The number of nitrogens with zero attached hydrogens (tertiary/aromatic N) is 1. The summed E-state index contributed by atoms with van der Waals surface area (Å²) in [7, 11) is 0. The van der Waals surface area contributed by atoms with Gasteiger partial charge in [0, 0.05) is 12.8 Å². The van der Waals surface area contributed by atoms with Crippen molar-refractivity contribution >= 4 is 33.1 Å². The Labute approximate surface area is 126 Å². The number of thiazole rings is 1. The topological polar surface area (TPSA) is 54.0 Å². The van der Waals surface area contributed by atoms with Crippen molar-refractivity contribution in [2.75, 3.05) is 5.43 Å². The highest BCUT2D eigenvalue weighted by Crippen LogP contribution is 2.22. The number of hydrogen-bond donors (Lipinski definition) is 2. The number of nitrogens with one attached hydrogen (secondary N) is 2. The summed E-state index contributed by atoms with van der Waals surface area (Å²) in [4.78, 5) is 16.3. The average Bonchev–Trinajstić information content (AvgIpc) is 2.95. The molecule has 0 saturated carbocycles. The summed E-state index contributed by atoms with van der Waals surface area (Å²) in [6.07, 6.45) is 1.07. The molecule has 1 amide bonds. The van der Waals surface area contributed by atoms with Crippen LogP contribution in [0.15, 0.2) is 54.6 Å². The van der Waals surface area contributed by atoms with E-state index < -0.39 is 0 Å². The minimum Gasteiger partial charge on any atom is -0.299 e. The molecule has 0 atom stereocenters. The molecule has 3 aromatic rings. The molecule has 3 rings (SSSR count). The lowest BCUT2D eigenvalue weighted by atomic mass is 10.3. The number of rotatable bonds is 5. The molecule has 0 fully saturated rings. The van der Waals surface area contributed by atoms with Crippen LogP contribution in [0.25, 0.3) is 10.2 Å². The molecule has 5 heteroatoms. The van der Waals surface area contributed by atoms with Gasteiger partial charge in [0.25, 0.3) is 0 Å². The van der Waals surface area contributed by atoms with Crippen LogP contribution in [-0.2, 0) is 11.2 Å². The quantitative estimate of drug-likeness (QED) is 0.710. The first-order valence-corrected chi connectivity index (χ1v) is 7.57. The number of aryl methyl sites for hydroxylation is 1. The van der Waals surface area contributed by atoms with Crippen LogP contribution in [0.4, 0.5) is 5.69 Å². The maximum absolute atomic E-state index is 11.8. The molecule has 0 saturated heterocycles. The molecule has 0 spiro atoms. The SMILES string of the molecule is O=C(CCc1nc2ccccc2s1)NNc1ccccc1. The van der Waals surface area contributed by atoms with Gasteiger partial charge in [-0.1, -0.05) is 30.3 Å². The van der Waals surface area contributed by atoms with Crippen LogP contribution in [0.1, 0.15) is 11.4 Å². The number of fused-ring (bicyclic) bond motifs is 1. The zero-order chi connectivity index (χ0) is 14.5. The third-order valence-electron chi connectivity index (χ3n) is 3.02. The third kappa shape index (κ3) is 3.58. The van der Waals surface area contributed by atoms with E-state index in [9.17, 15) is 4.79 Å². The maximum atomic E-state index is 11.8. The van der Waals surface area contributed by atoms with Crippen molar-refractivity contribution in [1.29, 1.82) is 0 Å². The number of amides is 1. The van der Waals surface area contributed by atoms with Gasteiger partial charge in [-0.3, -0.25) is 15.6 Å². The fourth-order valence-corrected chi connectivity index (χ4v) is 2.94. The van der Waals surface area contributed by atoms with Gasteiger partial charge >= 0.3 is 0 Å². The van der Waals surface area contributed by atoms with Gasteiger partial charge in [0.1, 0.15) is 0 Å². The van der Waals surface area contributed by atoms with Gasteiger partial charge < -0.3 is 0 Å². The van der Waals surface area contributed by atoms with Gasteiger partial charge in [0.2, 0.25) is 5.91 Å². The van der Waals surface area contributed by atoms with Crippen molar-refractivity contribution in [3.63, 3.8) is 0 Å². The minimum absolute atomic E-state index is 0.0434. The van der Waals surface area contributed by atoms with Crippen LogP contribution < -0.4 is 10.9 Å². The van der Waals surface area contributed by atoms with E-state index in [1.54, 1.807) is 11.3 Å². The first kappa shape index (κ1) is 13.6. The van der Waals surface area contributed by atoms with Crippen molar-refractivity contribution in [2.45, 2.75) is 12.8 Å². The van der Waals surface area contributed by atoms with Crippen molar-refractivity contribution in [3.8, 4) is 0 Å². The predicted octanol–water partition coefficient (Wildman–Crippen LogP) is 3.37. The van der Waals surface area contributed by atoms with Gasteiger partial charge in [0.05, 0.1) is 20.9 Å². The van der Waals surface area contributed by atoms with Crippen molar-refractivity contribution in [2.24, 2.45) is 0 Å². The molecule has 0 radical (unpaired) electrons. The molecule has 2 aromatic carbocycles. The van der Waals surface area contributed by atoms with Gasteiger partial charge in [0.15, 0.2) is 0 Å². The Morgan fingerprint density at radius 2 is 1.81 bits per heavy atom. The Hall–Kier alpha value is -2.40. The Bertz CT molecular complexity index is 706. The second-order valence-corrected chi connectivity index (χ2v) is 5.73. The van der Waals surface area contributed by atoms with E-state index in [1.165, 1.54) is 0 Å². The molecule has 1 aromatic heterocycles. The Kier molecular flexibility index (Phi) is 4.12. The fraction of sp³-hybridized carbons (Fsp3) is 0.125. The molecular weight excluding hydrogens is 282 g/mol. The number of para-hydroxylation sites is 2. The van der Waals surface area contributed by atoms with Gasteiger partial charge in [-0.25, -0.2) is 4.98 Å². The average molecular weight is 297 g/mol. The van der Waals surface area contributed by atoms with E-state index in [4.69, 9.17) is 0 Å². The zero-order valence-electron chi connectivity index (χ0n) is 11.4. The highest BCUT2D eigenvalue weighted by atomic mass is 32.1. The minimum atomic E-state index is -0.0434. The molecule has 0 unspecified atom stereocenters. The lowest BCUT2D eigenvalue weighted by molar-refractivity contribution is -0.120. The number of anilines is 1. The smallest absolute Gasteiger partial charge is 0.238 e. The number of benzene rings is 2. The molecular formula is C16H15N3OS. The van der Waals surface area contributed by atoms with Crippen LogP contribution >= 0.6 is 11.3 Å². The van der Waals surface area contributed by atoms with Gasteiger partial charge in [-0.2, -0.15) is 0 Å². The lowest BCUT2D eigenvalue weighted by Crippen LogP contribution is -2.29. The van der Waals surface area contributed by atoms with Crippen LogP contribution in [0, 0.1) is 0 Å². The summed E-state index contributed by atoms with van der Waals surface area (Å²) in [5.41, 5.74) is 7.45. The molecule has 106 valence electrons. The number of hydrazine groups is 1. The fourth-order valence-electron chi connectivity index (χ4n) is 1.97. The first-order chi connectivity index (χ1) is 10.3. The monoisotopic (exact) mass is 297 g/mol. The van der Waals surface area contributed by atoms with Gasteiger partial charge in [-0.15, -0.1) is 11.3 Å². The van der Waals surface area contributed by atoms with Crippen molar-refractivity contribution in [3.05, 3.63) is 59.6 Å². The lowest BCUT2D eigenvalue weighted by Gasteiger charge is -2.07. The van der Waals surface area contributed by atoms with Crippen molar-refractivity contribution in [1.82, 2.24) is 10.4 Å². The zero-order valence-corrected chi connectivity index (χ0v) is 12.2. The molecule has 0 aliphatic carbocycles. The highest BCUT2D eigenvalue weighted by molar-refractivity contribution is 7.18. The summed E-state index contributed by atoms with van der Waals surface area (Å²) < 4.78 is 1.16. The van der Waals surface area contributed by atoms with E-state index in [1.807, 2.05) is 54.6 Å². The van der Waals surface area contributed by atoms with Gasteiger partial charge in [-0.05, 0) is 24.3 Å². The summed E-state index contributed by atoms with van der Waals surface area (Å²) in [5.74, 6) is -0.0434. The van der Waals surface area contributed by atoms with Crippen LogP contribution in [0.2, 0.25) is 0 Å². The van der Waals surface area contributed by atoms with E-state index in [2.05, 4.69) is 15.8 Å². The van der Waals surface area contributed by atoms with Crippen LogP contribution in [0.3, 0.4) is 0 Å². The molecule has 0 bridgehead atoms. The second-order valence-electron chi connectivity index (χ2n) is 4.61. The Morgan fingerprint density at radius 1 is 1.05 bits per heavy atom. The van der Waals surface area contributed by atoms with Crippen LogP contribution in [0.5, 0.6) is 0 Å². The summed E-state index contributed by atoms with van der Waals surface area (Å²) in [6.45, 7) is 0. The number of carbonyl (C=O) groups is 1. The Morgan fingerprint density at radius 3 is 2.62 bits per heavy atom. The molecule has 0 aliphatic rings. The molecule has 0 aliphatic heterocycles. The maximum Gasteiger partial charge on any atom is 0.238 e. The van der Waals surface area contributed by atoms with E-state index >= 15 is 0 Å². The predicted molar refractivity (Wildman–Crippen MR) is 86.1 cm³/mol. The first-order valence-electron chi connectivity index (χ1n) is 6.75. The molecule has 4 nitrogen and oxygen atoms in total. The standard InChI is InChI=1S/C16H15N3OS/c20-15(19-18-12-6-2-1-3-7-12)10-11-16-17-13-8-4-5-9-14(13)21-16/h1-9,18H,10-11H2,(H,19,20). The highest BCUT2D eigenvalue weighted by Gasteiger charge is 2.06. The number of hydrogen-bond acceptors (Lipinski definition) is 4. The Balaban J connectivity index is 1.51. The number of aromatic nitrogens is 1. The number of carbonyl (C=O) groups excluding carboxylic acids is 1. The summed E-state index contributed by atoms with van der Waals surface area (Å²) in [6, 6.07) is 17.6. The normalized spacial score (nSPS) is 10.5. The second kappa shape index (κ2) is 6.37. The summed E-state index contributed by atoms with van der Waals surface area (Å²) in [5, 5.41) is 0.992. The van der Waals surface area contributed by atoms with Crippen molar-refractivity contribution < 1.29 is 4.79 Å². The largest absolute Gasteiger partial charge is 0.299 e. The molecule has 21 heavy (non-hydrogen) atoms. The molecule has 1 heterocycles. The van der Waals surface area contributed by atoms with E-state index in [-0.39, 0.29) is 5.91 Å². The van der Waals surface area contributed by atoms with E-state index in [0.29, 0.717) is 12.8 Å².